The minimum atomic E-state index is -0.0482. The van der Waals surface area contributed by atoms with Gasteiger partial charge in [0.05, 0.1) is 22.4 Å². The van der Waals surface area contributed by atoms with E-state index in [0.717, 1.165) is 45.4 Å². The number of anilines is 3. The minimum Gasteiger partial charge on any atom is -0.457 e. The number of hydrogen-bond donors (Lipinski definition) is 2. The van der Waals surface area contributed by atoms with Crippen molar-refractivity contribution in [2.24, 2.45) is 0 Å². The Kier molecular flexibility index (Phi) is 6.90. The lowest BCUT2D eigenvalue weighted by Crippen LogP contribution is -2.26. The summed E-state index contributed by atoms with van der Waals surface area (Å²) >= 11 is 0. The molecule has 0 aliphatic rings. The van der Waals surface area contributed by atoms with Gasteiger partial charge >= 0.3 is 0 Å². The highest BCUT2D eigenvalue weighted by Crippen LogP contribution is 2.36. The third kappa shape index (κ3) is 5.68. The molecule has 2 N–H and O–H groups in total. The summed E-state index contributed by atoms with van der Waals surface area (Å²) < 4.78 is 8.69. The number of aromatic nitrogens is 2. The zero-order chi connectivity index (χ0) is 29.5. The number of pyridine rings is 1. The fourth-order valence-corrected chi connectivity index (χ4v) is 5.30. The molecule has 0 spiro atoms. The van der Waals surface area contributed by atoms with Crippen molar-refractivity contribution in [3.8, 4) is 17.3 Å². The number of para-hydroxylation sites is 3. The highest BCUT2D eigenvalue weighted by atomic mass is 16.5. The monoisotopic (exact) mass is 554 g/mol. The first-order valence-electron chi connectivity index (χ1n) is 14.5. The van der Waals surface area contributed by atoms with E-state index in [2.05, 4.69) is 123 Å². The van der Waals surface area contributed by atoms with Crippen molar-refractivity contribution in [3.63, 3.8) is 0 Å². The van der Waals surface area contributed by atoms with Gasteiger partial charge in [-0.3, -0.25) is 4.57 Å². The van der Waals surface area contributed by atoms with Gasteiger partial charge in [-0.15, -0.1) is 0 Å². The minimum absolute atomic E-state index is 0.0209. The van der Waals surface area contributed by atoms with Gasteiger partial charge in [0.15, 0.2) is 0 Å². The lowest BCUT2D eigenvalue weighted by molar-refractivity contribution is 0.483. The van der Waals surface area contributed by atoms with Crippen LogP contribution in [0.4, 0.5) is 17.1 Å². The van der Waals surface area contributed by atoms with Crippen molar-refractivity contribution in [1.29, 1.82) is 0 Å². The molecule has 6 rings (SSSR count). The Balaban J connectivity index is 1.36. The molecule has 2 aromatic heterocycles. The molecule has 5 heteroatoms. The molecule has 42 heavy (non-hydrogen) atoms. The van der Waals surface area contributed by atoms with Gasteiger partial charge in [-0.1, -0.05) is 57.2 Å². The maximum atomic E-state index is 6.45. The third-order valence-electron chi connectivity index (χ3n) is 7.27. The second-order valence-electron chi connectivity index (χ2n) is 12.9. The molecular formula is C37H38N4O. The van der Waals surface area contributed by atoms with E-state index in [1.807, 2.05) is 42.6 Å². The summed E-state index contributed by atoms with van der Waals surface area (Å²) in [6.07, 6.45) is 1.91. The summed E-state index contributed by atoms with van der Waals surface area (Å²) in [7, 11) is 0. The van der Waals surface area contributed by atoms with Crippen LogP contribution in [0.25, 0.3) is 27.6 Å². The van der Waals surface area contributed by atoms with Crippen LogP contribution in [0.2, 0.25) is 0 Å². The van der Waals surface area contributed by atoms with Crippen LogP contribution in [0.3, 0.4) is 0 Å². The van der Waals surface area contributed by atoms with Crippen LogP contribution >= 0.6 is 0 Å². The van der Waals surface area contributed by atoms with Crippen LogP contribution in [0.5, 0.6) is 11.5 Å². The van der Waals surface area contributed by atoms with E-state index in [1.54, 1.807) is 0 Å². The van der Waals surface area contributed by atoms with Crippen molar-refractivity contribution < 1.29 is 4.74 Å². The lowest BCUT2D eigenvalue weighted by Gasteiger charge is -2.24. The Labute approximate surface area is 248 Å². The predicted molar refractivity (Wildman–Crippen MR) is 177 cm³/mol. The Bertz CT molecular complexity index is 1890. The van der Waals surface area contributed by atoms with Crippen LogP contribution in [0, 0.1) is 0 Å². The molecule has 6 aromatic rings. The number of hydrogen-bond acceptors (Lipinski definition) is 4. The highest BCUT2D eigenvalue weighted by molar-refractivity contribution is 6.09. The molecule has 0 unspecified atom stereocenters. The molecule has 0 saturated heterocycles. The summed E-state index contributed by atoms with van der Waals surface area (Å²) in [4.78, 5) is 4.80. The molecule has 0 saturated carbocycles. The summed E-state index contributed by atoms with van der Waals surface area (Å²) in [5, 5.41) is 9.50. The number of rotatable bonds is 6. The molecule has 0 radical (unpaired) electrons. The van der Waals surface area contributed by atoms with Crippen molar-refractivity contribution in [2.75, 3.05) is 10.6 Å². The molecule has 0 aliphatic heterocycles. The molecule has 212 valence electrons. The topological polar surface area (TPSA) is 51.1 Å². The number of nitrogens with zero attached hydrogens (tertiary/aromatic N) is 2. The largest absolute Gasteiger partial charge is 0.457 e. The second-order valence-corrected chi connectivity index (χ2v) is 12.9. The molecule has 0 bridgehead atoms. The smallest absolute Gasteiger partial charge is 0.137 e. The summed E-state index contributed by atoms with van der Waals surface area (Å²) in [6, 6.07) is 35.4. The summed E-state index contributed by atoms with van der Waals surface area (Å²) in [6.45, 7) is 13.2. The number of ether oxygens (including phenoxy) is 1. The quantitative estimate of drug-likeness (QED) is 0.215. The van der Waals surface area contributed by atoms with Gasteiger partial charge in [-0.05, 0) is 86.3 Å². The van der Waals surface area contributed by atoms with Gasteiger partial charge < -0.3 is 15.4 Å². The summed E-state index contributed by atoms with van der Waals surface area (Å²) in [5.74, 6) is 2.43. The van der Waals surface area contributed by atoms with Crippen molar-refractivity contribution in [3.05, 3.63) is 115 Å². The van der Waals surface area contributed by atoms with Gasteiger partial charge in [0.1, 0.15) is 17.3 Å². The van der Waals surface area contributed by atoms with E-state index < -0.39 is 0 Å². The Hall–Kier alpha value is -4.77. The number of benzene rings is 4. The van der Waals surface area contributed by atoms with Gasteiger partial charge in [0.25, 0.3) is 0 Å². The van der Waals surface area contributed by atoms with Gasteiger partial charge in [0, 0.05) is 40.3 Å². The first-order chi connectivity index (χ1) is 20.0. The molecule has 0 amide bonds. The zero-order valence-electron chi connectivity index (χ0n) is 25.2. The van der Waals surface area contributed by atoms with Crippen molar-refractivity contribution in [2.45, 2.75) is 52.5 Å². The maximum Gasteiger partial charge on any atom is 0.137 e. The molecular weight excluding hydrogens is 516 g/mol. The predicted octanol–water partition coefficient (Wildman–Crippen LogP) is 10.2. The van der Waals surface area contributed by atoms with Crippen LogP contribution in [-0.4, -0.2) is 15.1 Å². The number of fused-ring (bicyclic) bond motifs is 3. The van der Waals surface area contributed by atoms with E-state index >= 15 is 0 Å². The molecule has 0 fully saturated rings. The lowest BCUT2D eigenvalue weighted by atomic mass is 9.88. The SMILES string of the molecule is CC(C)(C)Nc1ccccc1Nc1cccc(Oc2ccc3c4ccccc4n(-c4cc(C(C)(C)C)ccn4)c3c2)c1. The number of nitrogens with one attached hydrogen (secondary N) is 2. The standard InChI is InChI=1S/C37H38N4O/c1-36(2,3)25-20-21-38-35(22-25)41-33-17-10-7-14-29(33)30-19-18-28(24-34(30)41)42-27-13-11-12-26(23-27)39-31-15-8-9-16-32(31)40-37(4,5)6/h7-24,39-40H,1-6H3. The van der Waals surface area contributed by atoms with Crippen LogP contribution < -0.4 is 15.4 Å². The molecule has 0 atom stereocenters. The Morgan fingerprint density at radius 1 is 0.643 bits per heavy atom. The van der Waals surface area contributed by atoms with Crippen LogP contribution in [-0.2, 0) is 5.41 Å². The van der Waals surface area contributed by atoms with Crippen LogP contribution in [0.15, 0.2) is 109 Å². The van der Waals surface area contributed by atoms with E-state index in [-0.39, 0.29) is 11.0 Å². The van der Waals surface area contributed by atoms with Gasteiger partial charge in [0.2, 0.25) is 0 Å². The van der Waals surface area contributed by atoms with Crippen LogP contribution in [0.1, 0.15) is 47.1 Å². The van der Waals surface area contributed by atoms with E-state index in [9.17, 15) is 0 Å². The Morgan fingerprint density at radius 3 is 2.14 bits per heavy atom. The van der Waals surface area contributed by atoms with Crippen molar-refractivity contribution in [1.82, 2.24) is 9.55 Å². The van der Waals surface area contributed by atoms with Gasteiger partial charge in [-0.25, -0.2) is 4.98 Å². The first kappa shape index (κ1) is 27.4. The summed E-state index contributed by atoms with van der Waals surface area (Å²) in [5.41, 5.74) is 6.42. The average molecular weight is 555 g/mol. The molecule has 5 nitrogen and oxygen atoms in total. The fourth-order valence-electron chi connectivity index (χ4n) is 5.30. The maximum absolute atomic E-state index is 6.45. The van der Waals surface area contributed by atoms with E-state index in [1.165, 1.54) is 16.3 Å². The molecule has 4 aromatic carbocycles. The molecule has 0 aliphatic carbocycles. The zero-order valence-corrected chi connectivity index (χ0v) is 25.2. The van der Waals surface area contributed by atoms with Crippen molar-refractivity contribution >= 4 is 38.9 Å². The van der Waals surface area contributed by atoms with Gasteiger partial charge in [-0.2, -0.15) is 0 Å². The highest BCUT2D eigenvalue weighted by Gasteiger charge is 2.18. The third-order valence-corrected chi connectivity index (χ3v) is 7.27. The van der Waals surface area contributed by atoms with E-state index in [0.29, 0.717) is 0 Å². The first-order valence-corrected chi connectivity index (χ1v) is 14.5. The fraction of sp³-hybridized carbons (Fsp3) is 0.216. The normalized spacial score (nSPS) is 12.0. The second kappa shape index (κ2) is 10.6. The average Bonchev–Trinajstić information content (AvgIpc) is 3.27. The Morgan fingerprint density at radius 2 is 1.36 bits per heavy atom. The molecule has 2 heterocycles. The van der Waals surface area contributed by atoms with E-state index in [4.69, 9.17) is 9.72 Å².